The zero-order chi connectivity index (χ0) is 17.6. The van der Waals surface area contributed by atoms with Crippen molar-refractivity contribution >= 4 is 17.6 Å². The van der Waals surface area contributed by atoms with Gasteiger partial charge in [0.05, 0.1) is 25.4 Å². The van der Waals surface area contributed by atoms with Gasteiger partial charge in [-0.15, -0.1) is 14.2 Å². The highest BCUT2D eigenvalue weighted by atomic mass is 16.4. The molecule has 1 aromatic carbocycles. The summed E-state index contributed by atoms with van der Waals surface area (Å²) in [5.41, 5.74) is 5.38. The molecular weight excluding hydrogens is 304 g/mol. The van der Waals surface area contributed by atoms with Gasteiger partial charge in [-0.2, -0.15) is 0 Å². The maximum Gasteiger partial charge on any atom is 0.442 e. The first-order valence-electron chi connectivity index (χ1n) is 7.74. The number of carbonyl (C=O) groups is 1. The molecular formula is C18H21N4O2+. The Kier molecular flexibility index (Phi) is 3.75. The van der Waals surface area contributed by atoms with Gasteiger partial charge in [-0.1, -0.05) is 18.2 Å². The topological polar surface area (TPSA) is 62.5 Å². The van der Waals surface area contributed by atoms with Gasteiger partial charge in [-0.3, -0.25) is 4.90 Å². The van der Waals surface area contributed by atoms with Crippen LogP contribution in [-0.2, 0) is 0 Å². The van der Waals surface area contributed by atoms with E-state index in [1.54, 1.807) is 16.8 Å². The molecule has 0 saturated carbocycles. The fourth-order valence-electron chi connectivity index (χ4n) is 3.26. The zero-order valence-electron chi connectivity index (χ0n) is 14.5. The van der Waals surface area contributed by atoms with E-state index in [2.05, 4.69) is 4.98 Å². The Bertz CT molecular complexity index is 937. The lowest BCUT2D eigenvalue weighted by atomic mass is 9.96. The van der Waals surface area contributed by atoms with Crippen molar-refractivity contribution in [3.8, 4) is 11.1 Å². The van der Waals surface area contributed by atoms with Crippen LogP contribution in [0.5, 0.6) is 0 Å². The summed E-state index contributed by atoms with van der Waals surface area (Å²) in [7, 11) is 3.77. The van der Waals surface area contributed by atoms with Crippen molar-refractivity contribution in [1.82, 2.24) is 9.67 Å². The van der Waals surface area contributed by atoms with Gasteiger partial charge < -0.3 is 5.11 Å². The first-order chi connectivity index (χ1) is 11.3. The highest BCUT2D eigenvalue weighted by molar-refractivity contribution is 5.84. The van der Waals surface area contributed by atoms with Crippen LogP contribution in [0.25, 0.3) is 16.8 Å². The number of anilines is 1. The van der Waals surface area contributed by atoms with Crippen molar-refractivity contribution in [2.45, 2.75) is 20.8 Å². The maximum atomic E-state index is 11.9. The van der Waals surface area contributed by atoms with Gasteiger partial charge in [0.2, 0.25) is 5.82 Å². The van der Waals surface area contributed by atoms with Crippen LogP contribution >= 0.6 is 0 Å². The van der Waals surface area contributed by atoms with Crippen molar-refractivity contribution in [2.24, 2.45) is 0 Å². The first-order valence-corrected chi connectivity index (χ1v) is 7.74. The molecule has 0 atom stereocenters. The lowest BCUT2D eigenvalue weighted by Crippen LogP contribution is -2.42. The van der Waals surface area contributed by atoms with E-state index in [0.717, 1.165) is 28.1 Å². The Morgan fingerprint density at radius 1 is 1.12 bits per heavy atom. The molecule has 0 spiro atoms. The van der Waals surface area contributed by atoms with Crippen molar-refractivity contribution in [3.05, 3.63) is 47.3 Å². The summed E-state index contributed by atoms with van der Waals surface area (Å²) in [6.07, 6.45) is 0.684. The van der Waals surface area contributed by atoms with Gasteiger partial charge in [0.15, 0.2) is 0 Å². The normalized spacial score (nSPS) is 11.0. The van der Waals surface area contributed by atoms with Crippen molar-refractivity contribution in [3.63, 3.8) is 0 Å². The minimum Gasteiger partial charge on any atom is -0.463 e. The molecule has 24 heavy (non-hydrogen) atoms. The monoisotopic (exact) mass is 325 g/mol. The lowest BCUT2D eigenvalue weighted by molar-refractivity contribution is -0.586. The molecule has 6 heteroatoms. The molecule has 0 saturated heterocycles. The molecule has 0 unspecified atom stereocenters. The molecule has 0 radical (unpaired) electrons. The number of hydrogen-bond donors (Lipinski definition) is 1. The third kappa shape index (κ3) is 2.22. The van der Waals surface area contributed by atoms with Gasteiger partial charge in [-0.05, 0) is 37.5 Å². The second-order valence-electron chi connectivity index (χ2n) is 6.15. The van der Waals surface area contributed by atoms with E-state index >= 15 is 0 Å². The molecule has 124 valence electrons. The minimum atomic E-state index is -1.03. The van der Waals surface area contributed by atoms with Gasteiger partial charge in [0.25, 0.3) is 5.65 Å². The molecule has 3 aromatic rings. The molecule has 3 rings (SSSR count). The van der Waals surface area contributed by atoms with Crippen LogP contribution < -0.4 is 9.42 Å². The Hall–Kier alpha value is -2.89. The zero-order valence-corrected chi connectivity index (χ0v) is 14.5. The van der Waals surface area contributed by atoms with Crippen molar-refractivity contribution in [1.29, 1.82) is 0 Å². The van der Waals surface area contributed by atoms with E-state index in [-0.39, 0.29) is 0 Å². The van der Waals surface area contributed by atoms with Gasteiger partial charge in [0.1, 0.15) is 6.20 Å². The number of fused-ring (bicyclic) bond motifs is 1. The van der Waals surface area contributed by atoms with Crippen LogP contribution in [0.4, 0.5) is 10.6 Å². The highest BCUT2D eigenvalue weighted by Gasteiger charge is 2.29. The average molecular weight is 325 g/mol. The molecule has 0 amide bonds. The smallest absolute Gasteiger partial charge is 0.442 e. The summed E-state index contributed by atoms with van der Waals surface area (Å²) in [5.74, 6) is 0.753. The molecule has 2 heterocycles. The Labute approximate surface area is 140 Å². The Morgan fingerprint density at radius 2 is 1.75 bits per heavy atom. The molecule has 0 bridgehead atoms. The molecule has 2 aromatic heterocycles. The SMILES string of the molecule is Cc1cccc(C)c1-c1c(C)n(C(=O)O)[n+]2c(N(C)C)ccnc12. The second kappa shape index (κ2) is 5.63. The number of aromatic nitrogens is 3. The van der Waals surface area contributed by atoms with E-state index < -0.39 is 6.09 Å². The molecule has 0 fully saturated rings. The highest BCUT2D eigenvalue weighted by Crippen LogP contribution is 2.32. The number of nitrogens with zero attached hydrogens (tertiary/aromatic N) is 4. The molecule has 6 nitrogen and oxygen atoms in total. The van der Waals surface area contributed by atoms with Crippen LogP contribution in [-0.4, -0.2) is 35.0 Å². The summed E-state index contributed by atoms with van der Waals surface area (Å²) < 4.78 is 2.91. The summed E-state index contributed by atoms with van der Waals surface area (Å²) in [5, 5.41) is 9.76. The Morgan fingerprint density at radius 3 is 2.29 bits per heavy atom. The predicted molar refractivity (Wildman–Crippen MR) is 92.8 cm³/mol. The maximum absolute atomic E-state index is 11.9. The summed E-state index contributed by atoms with van der Waals surface area (Å²) in [6.45, 7) is 5.89. The summed E-state index contributed by atoms with van der Waals surface area (Å²) in [4.78, 5) is 18.3. The van der Waals surface area contributed by atoms with Gasteiger partial charge >= 0.3 is 6.09 Å². The fourth-order valence-corrected chi connectivity index (χ4v) is 3.26. The van der Waals surface area contributed by atoms with E-state index in [9.17, 15) is 9.90 Å². The molecule has 0 aliphatic rings. The summed E-state index contributed by atoms with van der Waals surface area (Å²) in [6, 6.07) is 7.88. The van der Waals surface area contributed by atoms with E-state index in [4.69, 9.17) is 0 Å². The van der Waals surface area contributed by atoms with Gasteiger partial charge in [-0.25, -0.2) is 4.79 Å². The number of hydrogen-bond acceptors (Lipinski definition) is 3. The average Bonchev–Trinajstić information content (AvgIpc) is 2.79. The van der Waals surface area contributed by atoms with Crippen molar-refractivity contribution < 1.29 is 14.4 Å². The first kappa shape index (κ1) is 16.0. The number of carboxylic acid groups (broad SMARTS) is 1. The van der Waals surface area contributed by atoms with Crippen LogP contribution in [0.2, 0.25) is 0 Å². The van der Waals surface area contributed by atoms with E-state index in [1.165, 1.54) is 4.68 Å². The van der Waals surface area contributed by atoms with E-state index in [0.29, 0.717) is 11.3 Å². The third-order valence-corrected chi connectivity index (χ3v) is 4.31. The minimum absolute atomic E-state index is 0.638. The largest absolute Gasteiger partial charge is 0.463 e. The molecule has 0 aliphatic carbocycles. The number of rotatable bonds is 2. The van der Waals surface area contributed by atoms with Gasteiger partial charge in [0, 0.05) is 6.07 Å². The lowest BCUT2D eigenvalue weighted by Gasteiger charge is -2.08. The van der Waals surface area contributed by atoms with Crippen LogP contribution in [0.15, 0.2) is 30.5 Å². The van der Waals surface area contributed by atoms with Crippen LogP contribution in [0.1, 0.15) is 16.8 Å². The molecule has 0 aliphatic heterocycles. The predicted octanol–water partition coefficient (Wildman–Crippen LogP) is 2.81. The Balaban J connectivity index is 2.54. The second-order valence-corrected chi connectivity index (χ2v) is 6.15. The standard InChI is InChI=1S/C18H20N4O2/c1-11-7-6-8-12(2)15(11)16-13(3)21(18(23)24)22-14(20(4)5)9-10-19-17(16)22/h6-10H,1-5H3/p+1. The molecule has 1 N–H and O–H groups in total. The third-order valence-electron chi connectivity index (χ3n) is 4.31. The van der Waals surface area contributed by atoms with E-state index in [1.807, 2.05) is 58.0 Å². The number of benzene rings is 1. The quantitative estimate of drug-likeness (QED) is 0.736. The van der Waals surface area contributed by atoms with Crippen LogP contribution in [0, 0.1) is 20.8 Å². The van der Waals surface area contributed by atoms with Crippen LogP contribution in [0.3, 0.4) is 0 Å². The fraction of sp³-hybridized carbons (Fsp3) is 0.278. The number of aryl methyl sites for hydroxylation is 2. The summed E-state index contributed by atoms with van der Waals surface area (Å²) >= 11 is 0. The van der Waals surface area contributed by atoms with Crippen molar-refractivity contribution in [2.75, 3.05) is 19.0 Å².